The van der Waals surface area contributed by atoms with Gasteiger partial charge in [-0.15, -0.1) is 0 Å². The molecule has 15 heavy (non-hydrogen) atoms. The quantitative estimate of drug-likeness (QED) is 0.510. The van der Waals surface area contributed by atoms with Gasteiger partial charge in [-0.05, 0) is 36.3 Å². The molecule has 0 saturated carbocycles. The summed E-state index contributed by atoms with van der Waals surface area (Å²) in [5, 5.41) is 4.10. The SMILES string of the molecule is O=CC#Cc1ccc(-n2cccn2)cc1. The Labute approximate surface area is 87.4 Å². The highest BCUT2D eigenvalue weighted by Gasteiger charge is 1.94. The van der Waals surface area contributed by atoms with Crippen molar-refractivity contribution in [3.63, 3.8) is 0 Å². The van der Waals surface area contributed by atoms with Crippen molar-refractivity contribution in [2.45, 2.75) is 0 Å². The van der Waals surface area contributed by atoms with Crippen LogP contribution in [0.25, 0.3) is 5.69 Å². The standard InChI is InChI=1S/C12H8N2O/c15-10-1-3-11-4-6-12(7-5-11)14-9-2-8-13-14/h2,4-10H. The van der Waals surface area contributed by atoms with Crippen LogP contribution >= 0.6 is 0 Å². The van der Waals surface area contributed by atoms with E-state index in [1.54, 1.807) is 10.9 Å². The Balaban J connectivity index is 2.28. The summed E-state index contributed by atoms with van der Waals surface area (Å²) < 4.78 is 1.76. The first-order valence-electron chi connectivity index (χ1n) is 4.45. The molecular formula is C12H8N2O. The van der Waals surface area contributed by atoms with Crippen LogP contribution in [0.3, 0.4) is 0 Å². The van der Waals surface area contributed by atoms with Gasteiger partial charge < -0.3 is 0 Å². The summed E-state index contributed by atoms with van der Waals surface area (Å²) in [6, 6.07) is 9.38. The fourth-order valence-corrected chi connectivity index (χ4v) is 1.23. The highest BCUT2D eigenvalue weighted by atomic mass is 16.1. The molecule has 0 unspecified atom stereocenters. The molecule has 0 aliphatic heterocycles. The molecular weight excluding hydrogens is 188 g/mol. The van der Waals surface area contributed by atoms with Crippen LogP contribution in [0, 0.1) is 11.8 Å². The van der Waals surface area contributed by atoms with Gasteiger partial charge in [0.1, 0.15) is 0 Å². The lowest BCUT2D eigenvalue weighted by Gasteiger charge is -1.99. The second-order valence-electron chi connectivity index (χ2n) is 2.88. The third-order valence-corrected chi connectivity index (χ3v) is 1.91. The first kappa shape index (κ1) is 9.22. The summed E-state index contributed by atoms with van der Waals surface area (Å²) in [4.78, 5) is 10.0. The zero-order valence-electron chi connectivity index (χ0n) is 7.92. The summed E-state index contributed by atoms with van der Waals surface area (Å²) in [5.74, 6) is 5.08. The first-order chi connectivity index (χ1) is 7.40. The van der Waals surface area contributed by atoms with Crippen molar-refractivity contribution in [3.05, 3.63) is 48.3 Å². The fourth-order valence-electron chi connectivity index (χ4n) is 1.23. The lowest BCUT2D eigenvalue weighted by atomic mass is 10.2. The average molecular weight is 196 g/mol. The van der Waals surface area contributed by atoms with Crippen molar-refractivity contribution >= 4 is 6.29 Å². The molecule has 1 aromatic heterocycles. The van der Waals surface area contributed by atoms with Gasteiger partial charge in [0.05, 0.1) is 5.69 Å². The van der Waals surface area contributed by atoms with Gasteiger partial charge in [0.25, 0.3) is 0 Å². The molecule has 2 aromatic rings. The topological polar surface area (TPSA) is 34.9 Å². The summed E-state index contributed by atoms with van der Waals surface area (Å²) in [6.45, 7) is 0. The number of nitrogens with zero attached hydrogens (tertiary/aromatic N) is 2. The maximum Gasteiger partial charge on any atom is 0.193 e. The highest BCUT2D eigenvalue weighted by Crippen LogP contribution is 2.07. The Hall–Kier alpha value is -2.34. The number of aldehydes is 1. The van der Waals surface area contributed by atoms with Gasteiger partial charge >= 0.3 is 0 Å². The van der Waals surface area contributed by atoms with Crippen LogP contribution in [0.5, 0.6) is 0 Å². The van der Waals surface area contributed by atoms with Gasteiger partial charge in [-0.2, -0.15) is 5.10 Å². The van der Waals surface area contributed by atoms with E-state index in [1.807, 2.05) is 36.5 Å². The molecule has 0 aliphatic rings. The highest BCUT2D eigenvalue weighted by molar-refractivity contribution is 5.74. The fraction of sp³-hybridized carbons (Fsp3) is 0. The zero-order chi connectivity index (χ0) is 10.5. The van der Waals surface area contributed by atoms with Crippen LogP contribution in [0.15, 0.2) is 42.7 Å². The van der Waals surface area contributed by atoms with Crippen molar-refractivity contribution in [1.29, 1.82) is 0 Å². The Morgan fingerprint density at radius 3 is 2.67 bits per heavy atom. The summed E-state index contributed by atoms with van der Waals surface area (Å²) in [7, 11) is 0. The van der Waals surface area contributed by atoms with Gasteiger partial charge in [0.2, 0.25) is 0 Å². The second-order valence-corrected chi connectivity index (χ2v) is 2.88. The molecule has 0 amide bonds. The van der Waals surface area contributed by atoms with E-state index in [0.717, 1.165) is 11.3 Å². The Morgan fingerprint density at radius 2 is 2.07 bits per heavy atom. The van der Waals surface area contributed by atoms with E-state index < -0.39 is 0 Å². The Kier molecular flexibility index (Phi) is 2.61. The normalized spacial score (nSPS) is 9.07. The molecule has 72 valence electrons. The van der Waals surface area contributed by atoms with Crippen molar-refractivity contribution in [1.82, 2.24) is 9.78 Å². The van der Waals surface area contributed by atoms with E-state index in [-0.39, 0.29) is 0 Å². The maximum absolute atomic E-state index is 10.0. The number of rotatable bonds is 1. The smallest absolute Gasteiger partial charge is 0.193 e. The number of hydrogen-bond donors (Lipinski definition) is 0. The van der Waals surface area contributed by atoms with E-state index in [1.165, 1.54) is 0 Å². The predicted molar refractivity (Wildman–Crippen MR) is 56.5 cm³/mol. The van der Waals surface area contributed by atoms with Gasteiger partial charge in [-0.1, -0.05) is 5.92 Å². The number of aromatic nitrogens is 2. The van der Waals surface area contributed by atoms with Crippen LogP contribution in [0.4, 0.5) is 0 Å². The molecule has 3 nitrogen and oxygen atoms in total. The predicted octanol–water partition coefficient (Wildman–Crippen LogP) is 1.42. The van der Waals surface area contributed by atoms with Gasteiger partial charge in [0.15, 0.2) is 6.29 Å². The summed E-state index contributed by atoms with van der Waals surface area (Å²) in [5.41, 5.74) is 1.79. The summed E-state index contributed by atoms with van der Waals surface area (Å²) >= 11 is 0. The zero-order valence-corrected chi connectivity index (χ0v) is 7.92. The van der Waals surface area contributed by atoms with Gasteiger partial charge in [-0.3, -0.25) is 4.79 Å². The molecule has 0 N–H and O–H groups in total. The molecule has 1 aromatic carbocycles. The van der Waals surface area contributed by atoms with Gasteiger partial charge in [0, 0.05) is 18.0 Å². The van der Waals surface area contributed by atoms with Crippen molar-refractivity contribution in [3.8, 4) is 17.5 Å². The average Bonchev–Trinajstić information content (AvgIpc) is 2.80. The third-order valence-electron chi connectivity index (χ3n) is 1.91. The number of carbonyl (C=O) groups is 1. The molecule has 1 heterocycles. The maximum atomic E-state index is 10.0. The third kappa shape index (κ3) is 2.12. The minimum atomic E-state index is 0.585. The molecule has 0 radical (unpaired) electrons. The minimum absolute atomic E-state index is 0.585. The minimum Gasteiger partial charge on any atom is -0.289 e. The molecule has 0 spiro atoms. The lowest BCUT2D eigenvalue weighted by molar-refractivity contribution is -0.103. The lowest BCUT2D eigenvalue weighted by Crippen LogP contribution is -1.93. The van der Waals surface area contributed by atoms with Crippen molar-refractivity contribution < 1.29 is 4.79 Å². The molecule has 0 fully saturated rings. The first-order valence-corrected chi connectivity index (χ1v) is 4.45. The Morgan fingerprint density at radius 1 is 1.27 bits per heavy atom. The molecule has 0 bridgehead atoms. The van der Waals surface area contributed by atoms with E-state index in [0.29, 0.717) is 6.29 Å². The second kappa shape index (κ2) is 4.25. The largest absolute Gasteiger partial charge is 0.289 e. The molecule has 3 heteroatoms. The van der Waals surface area contributed by atoms with E-state index in [2.05, 4.69) is 16.9 Å². The van der Waals surface area contributed by atoms with Crippen LogP contribution in [-0.2, 0) is 4.79 Å². The number of hydrogen-bond acceptors (Lipinski definition) is 2. The van der Waals surface area contributed by atoms with Crippen LogP contribution in [-0.4, -0.2) is 16.1 Å². The van der Waals surface area contributed by atoms with Gasteiger partial charge in [-0.25, -0.2) is 4.68 Å². The van der Waals surface area contributed by atoms with E-state index >= 15 is 0 Å². The monoisotopic (exact) mass is 196 g/mol. The van der Waals surface area contributed by atoms with Crippen molar-refractivity contribution in [2.75, 3.05) is 0 Å². The number of carbonyl (C=O) groups excluding carboxylic acids is 1. The van der Waals surface area contributed by atoms with Crippen LogP contribution < -0.4 is 0 Å². The van der Waals surface area contributed by atoms with E-state index in [4.69, 9.17) is 0 Å². The molecule has 2 rings (SSSR count). The summed E-state index contributed by atoms with van der Waals surface area (Å²) in [6.07, 6.45) is 4.17. The van der Waals surface area contributed by atoms with E-state index in [9.17, 15) is 4.79 Å². The molecule has 0 aliphatic carbocycles. The molecule has 0 saturated heterocycles. The Bertz CT molecular complexity index is 501. The van der Waals surface area contributed by atoms with Crippen LogP contribution in [0.1, 0.15) is 5.56 Å². The van der Waals surface area contributed by atoms with Crippen LogP contribution in [0.2, 0.25) is 0 Å². The number of benzene rings is 1. The van der Waals surface area contributed by atoms with Crippen molar-refractivity contribution in [2.24, 2.45) is 0 Å². The molecule has 0 atom stereocenters.